The van der Waals surface area contributed by atoms with E-state index < -0.39 is 0 Å². The molecule has 1 nitrogen and oxygen atoms in total. The number of thioether (sulfide) groups is 1. The van der Waals surface area contributed by atoms with Crippen LogP contribution < -0.4 is 0 Å². The Kier molecular flexibility index (Phi) is 4.67. The van der Waals surface area contributed by atoms with Gasteiger partial charge in [-0.15, -0.1) is 0 Å². The monoisotopic (exact) mass is 120 g/mol. The van der Waals surface area contributed by atoms with Crippen LogP contribution in [0.25, 0.3) is 0 Å². The first-order chi connectivity index (χ1) is 3.00. The fourth-order valence-corrected chi connectivity index (χ4v) is 1.71. The Balaban J connectivity index is 0.000000360. The van der Waals surface area contributed by atoms with Crippen molar-refractivity contribution in [2.45, 2.75) is 19.3 Å². The quantitative estimate of drug-likeness (QED) is 0.470. The largest absolute Gasteiger partial charge is 0.412 e. The van der Waals surface area contributed by atoms with Crippen LogP contribution in [0.15, 0.2) is 0 Å². The third-order valence-electron chi connectivity index (χ3n) is 1.08. The molecule has 1 aliphatic rings. The third-order valence-corrected chi connectivity index (χ3v) is 2.23. The van der Waals surface area contributed by atoms with Gasteiger partial charge in [0.15, 0.2) is 0 Å². The van der Waals surface area contributed by atoms with Gasteiger partial charge in [0.25, 0.3) is 0 Å². The summed E-state index contributed by atoms with van der Waals surface area (Å²) in [5.74, 6) is 2.83. The maximum absolute atomic E-state index is 2.09. The van der Waals surface area contributed by atoms with Crippen molar-refractivity contribution in [3.8, 4) is 0 Å². The van der Waals surface area contributed by atoms with Crippen molar-refractivity contribution in [1.82, 2.24) is 0 Å². The van der Waals surface area contributed by atoms with Crippen molar-refractivity contribution in [3.63, 3.8) is 0 Å². The van der Waals surface area contributed by atoms with Crippen molar-refractivity contribution in [3.05, 3.63) is 0 Å². The molecule has 0 aromatic heterocycles. The molecular weight excluding hydrogens is 108 g/mol. The molecule has 1 fully saturated rings. The van der Waals surface area contributed by atoms with Crippen LogP contribution in [-0.2, 0) is 0 Å². The van der Waals surface area contributed by atoms with Gasteiger partial charge in [0.05, 0.1) is 0 Å². The molecule has 0 aromatic rings. The van der Waals surface area contributed by atoms with Crippen molar-refractivity contribution >= 4 is 11.8 Å². The van der Waals surface area contributed by atoms with E-state index >= 15 is 0 Å². The fourth-order valence-electron chi connectivity index (χ4n) is 0.687. The summed E-state index contributed by atoms with van der Waals surface area (Å²) < 4.78 is 0. The molecule has 0 atom stereocenters. The second kappa shape index (κ2) is 4.47. The molecule has 1 heterocycles. The predicted molar refractivity (Wildman–Crippen MR) is 34.8 cm³/mol. The average Bonchev–Trinajstić information content (AvgIpc) is 1.72. The van der Waals surface area contributed by atoms with Gasteiger partial charge in [-0.3, -0.25) is 0 Å². The van der Waals surface area contributed by atoms with Crippen LogP contribution >= 0.6 is 11.8 Å². The normalized spacial score (nSPS) is 20.6. The van der Waals surface area contributed by atoms with Gasteiger partial charge >= 0.3 is 0 Å². The maximum atomic E-state index is 2.09. The van der Waals surface area contributed by atoms with Gasteiger partial charge in [0, 0.05) is 0 Å². The predicted octanol–water partition coefficient (Wildman–Crippen LogP) is 1.08. The molecule has 7 heavy (non-hydrogen) atoms. The van der Waals surface area contributed by atoms with Gasteiger partial charge in [-0.25, -0.2) is 0 Å². The fraction of sp³-hybridized carbons (Fsp3) is 1.00. The molecule has 0 radical (unpaired) electrons. The van der Waals surface area contributed by atoms with Crippen LogP contribution in [0.4, 0.5) is 0 Å². The Hall–Kier alpha value is 0.310. The first-order valence-electron chi connectivity index (χ1n) is 2.58. The van der Waals surface area contributed by atoms with Crippen molar-refractivity contribution in [1.29, 1.82) is 0 Å². The smallest absolute Gasteiger partial charge is 0.00675 e. The molecule has 1 rings (SSSR count). The lowest BCUT2D eigenvalue weighted by Gasteiger charge is -2.05. The van der Waals surface area contributed by atoms with E-state index in [1.165, 1.54) is 30.8 Å². The highest BCUT2D eigenvalue weighted by atomic mass is 32.2. The van der Waals surface area contributed by atoms with E-state index in [-0.39, 0.29) is 5.48 Å². The molecule has 2 heteroatoms. The molecule has 1 saturated heterocycles. The lowest BCUT2D eigenvalue weighted by atomic mass is 10.3. The van der Waals surface area contributed by atoms with E-state index in [1.807, 2.05) is 0 Å². The minimum atomic E-state index is 0. The Morgan fingerprint density at radius 3 is 1.57 bits per heavy atom. The summed E-state index contributed by atoms with van der Waals surface area (Å²) >= 11 is 2.09. The van der Waals surface area contributed by atoms with E-state index in [2.05, 4.69) is 11.8 Å². The van der Waals surface area contributed by atoms with E-state index in [9.17, 15) is 0 Å². The molecule has 0 amide bonds. The van der Waals surface area contributed by atoms with E-state index in [1.54, 1.807) is 0 Å². The molecule has 0 spiro atoms. The van der Waals surface area contributed by atoms with Gasteiger partial charge in [0.1, 0.15) is 0 Å². The first kappa shape index (κ1) is 7.31. The van der Waals surface area contributed by atoms with Gasteiger partial charge < -0.3 is 5.48 Å². The van der Waals surface area contributed by atoms with Crippen molar-refractivity contribution in [2.75, 3.05) is 11.5 Å². The number of hydrogen-bond donors (Lipinski definition) is 0. The van der Waals surface area contributed by atoms with Crippen LogP contribution in [0.1, 0.15) is 19.3 Å². The van der Waals surface area contributed by atoms with Gasteiger partial charge in [0.2, 0.25) is 0 Å². The van der Waals surface area contributed by atoms with E-state index in [0.29, 0.717) is 0 Å². The highest BCUT2D eigenvalue weighted by Crippen LogP contribution is 2.14. The summed E-state index contributed by atoms with van der Waals surface area (Å²) in [7, 11) is 0. The lowest BCUT2D eigenvalue weighted by Crippen LogP contribution is -1.91. The minimum absolute atomic E-state index is 0. The summed E-state index contributed by atoms with van der Waals surface area (Å²) in [4.78, 5) is 0. The second-order valence-corrected chi connectivity index (χ2v) is 2.90. The number of rotatable bonds is 0. The number of hydrogen-bond acceptors (Lipinski definition) is 1. The van der Waals surface area contributed by atoms with Crippen LogP contribution in [0.2, 0.25) is 0 Å². The molecule has 0 aliphatic carbocycles. The molecule has 1 aliphatic heterocycles. The first-order valence-corrected chi connectivity index (χ1v) is 3.73. The summed E-state index contributed by atoms with van der Waals surface area (Å²) in [5, 5.41) is 0. The standard InChI is InChI=1S/C5H10S.H2O/c1-2-4-6-5-3-1;/h1-5H2;1H2. The third kappa shape index (κ3) is 2.94. The van der Waals surface area contributed by atoms with Crippen LogP contribution in [-0.4, -0.2) is 17.0 Å². The Bertz CT molecular complexity index is 23.6. The highest BCUT2D eigenvalue weighted by Gasteiger charge is 1.95. The molecule has 44 valence electrons. The Morgan fingerprint density at radius 1 is 0.857 bits per heavy atom. The van der Waals surface area contributed by atoms with Gasteiger partial charge in [-0.05, 0) is 24.3 Å². The van der Waals surface area contributed by atoms with Gasteiger partial charge in [-0.1, -0.05) is 6.42 Å². The molecule has 2 N–H and O–H groups in total. The van der Waals surface area contributed by atoms with Crippen molar-refractivity contribution in [2.24, 2.45) is 0 Å². The topological polar surface area (TPSA) is 31.5 Å². The SMILES string of the molecule is C1CCSCC1.O. The minimum Gasteiger partial charge on any atom is -0.412 e. The van der Waals surface area contributed by atoms with Crippen LogP contribution in [0, 0.1) is 0 Å². The zero-order valence-electron chi connectivity index (χ0n) is 4.44. The summed E-state index contributed by atoms with van der Waals surface area (Å²) in [6.07, 6.45) is 4.41. The maximum Gasteiger partial charge on any atom is -0.00675 e. The summed E-state index contributed by atoms with van der Waals surface area (Å²) in [5.41, 5.74) is 0. The molecule has 0 saturated carbocycles. The lowest BCUT2D eigenvalue weighted by molar-refractivity contribution is 0.764. The summed E-state index contributed by atoms with van der Waals surface area (Å²) in [6.45, 7) is 0. The summed E-state index contributed by atoms with van der Waals surface area (Å²) in [6, 6.07) is 0. The van der Waals surface area contributed by atoms with Crippen LogP contribution in [0.5, 0.6) is 0 Å². The zero-order valence-corrected chi connectivity index (χ0v) is 5.26. The van der Waals surface area contributed by atoms with E-state index in [0.717, 1.165) is 0 Å². The van der Waals surface area contributed by atoms with Crippen LogP contribution in [0.3, 0.4) is 0 Å². The molecule has 0 unspecified atom stereocenters. The van der Waals surface area contributed by atoms with Crippen molar-refractivity contribution < 1.29 is 5.48 Å². The zero-order chi connectivity index (χ0) is 4.24. The molecule has 0 aromatic carbocycles. The second-order valence-electron chi connectivity index (χ2n) is 1.67. The molecule has 0 bridgehead atoms. The van der Waals surface area contributed by atoms with Gasteiger partial charge in [-0.2, -0.15) is 11.8 Å². The Morgan fingerprint density at radius 2 is 1.43 bits per heavy atom. The Labute approximate surface area is 48.8 Å². The molecular formula is C5H12OS. The highest BCUT2D eigenvalue weighted by molar-refractivity contribution is 7.99. The average molecular weight is 120 g/mol. The van der Waals surface area contributed by atoms with E-state index in [4.69, 9.17) is 0 Å².